The van der Waals surface area contributed by atoms with Crippen LogP contribution in [0.4, 0.5) is 11.7 Å². The molecule has 7 nitrogen and oxygen atoms in total. The van der Waals surface area contributed by atoms with Crippen molar-refractivity contribution < 1.29 is 18.7 Å². The van der Waals surface area contributed by atoms with Gasteiger partial charge in [0.15, 0.2) is 5.58 Å². The van der Waals surface area contributed by atoms with E-state index in [4.69, 9.17) is 13.9 Å². The van der Waals surface area contributed by atoms with E-state index in [1.54, 1.807) is 0 Å². The number of carbonyl (C=O) groups is 1. The summed E-state index contributed by atoms with van der Waals surface area (Å²) in [5.41, 5.74) is 3.63. The molecule has 0 aliphatic carbocycles. The van der Waals surface area contributed by atoms with E-state index in [1.807, 2.05) is 97.7 Å². The first-order valence-corrected chi connectivity index (χ1v) is 11.8. The van der Waals surface area contributed by atoms with Gasteiger partial charge in [-0.3, -0.25) is 0 Å². The topological polar surface area (TPSA) is 68.0 Å². The second kappa shape index (κ2) is 11.4. The van der Waals surface area contributed by atoms with E-state index in [1.165, 1.54) is 7.11 Å². The number of methoxy groups -OCH3 is 1. The Labute approximate surface area is 205 Å². The minimum atomic E-state index is -0.413. The van der Waals surface area contributed by atoms with Gasteiger partial charge in [0.2, 0.25) is 0 Å². The van der Waals surface area contributed by atoms with Gasteiger partial charge in [0.1, 0.15) is 23.9 Å². The van der Waals surface area contributed by atoms with Crippen molar-refractivity contribution in [3.8, 4) is 5.75 Å². The SMILES string of the molecule is CCN(c1ccccc1)C(Cc1ccc(OCCN(C)c2nc3ccccc3o2)cc1)C(=O)OC. The Balaban J connectivity index is 1.35. The van der Waals surface area contributed by atoms with Crippen molar-refractivity contribution in [3.63, 3.8) is 0 Å². The predicted molar refractivity (Wildman–Crippen MR) is 138 cm³/mol. The highest BCUT2D eigenvalue weighted by Gasteiger charge is 2.26. The third-order valence-corrected chi connectivity index (χ3v) is 5.93. The second-order valence-electron chi connectivity index (χ2n) is 8.24. The number of likely N-dealkylation sites (N-methyl/N-ethyl adjacent to an activating group) is 2. The van der Waals surface area contributed by atoms with Crippen LogP contribution in [-0.2, 0) is 16.0 Å². The van der Waals surface area contributed by atoms with Gasteiger partial charge in [0.25, 0.3) is 6.01 Å². The van der Waals surface area contributed by atoms with Crippen LogP contribution in [0.25, 0.3) is 11.1 Å². The summed E-state index contributed by atoms with van der Waals surface area (Å²) >= 11 is 0. The number of benzene rings is 3. The maximum Gasteiger partial charge on any atom is 0.328 e. The van der Waals surface area contributed by atoms with E-state index in [0.717, 1.165) is 28.1 Å². The zero-order chi connectivity index (χ0) is 24.6. The lowest BCUT2D eigenvalue weighted by Crippen LogP contribution is -2.43. The van der Waals surface area contributed by atoms with Gasteiger partial charge in [0.05, 0.1) is 13.7 Å². The van der Waals surface area contributed by atoms with Crippen LogP contribution in [0.1, 0.15) is 12.5 Å². The van der Waals surface area contributed by atoms with Crippen LogP contribution in [0.5, 0.6) is 5.75 Å². The molecular weight excluding hydrogens is 442 g/mol. The van der Waals surface area contributed by atoms with Crippen LogP contribution in [0.15, 0.2) is 83.3 Å². The van der Waals surface area contributed by atoms with Gasteiger partial charge in [-0.25, -0.2) is 4.79 Å². The summed E-state index contributed by atoms with van der Waals surface area (Å²) in [6, 6.07) is 25.6. The van der Waals surface area contributed by atoms with Crippen LogP contribution >= 0.6 is 0 Å². The number of oxazole rings is 1. The van der Waals surface area contributed by atoms with Gasteiger partial charge < -0.3 is 23.7 Å². The smallest absolute Gasteiger partial charge is 0.328 e. The number of nitrogens with zero attached hydrogens (tertiary/aromatic N) is 3. The molecule has 7 heteroatoms. The lowest BCUT2D eigenvalue weighted by molar-refractivity contribution is -0.142. The maximum absolute atomic E-state index is 12.6. The molecule has 4 rings (SSSR count). The Morgan fingerprint density at radius 2 is 1.71 bits per heavy atom. The fraction of sp³-hybridized carbons (Fsp3) is 0.286. The number of hydrogen-bond acceptors (Lipinski definition) is 7. The van der Waals surface area contributed by atoms with Gasteiger partial charge in [-0.2, -0.15) is 4.98 Å². The molecule has 1 heterocycles. The van der Waals surface area contributed by atoms with Crippen molar-refractivity contribution in [2.75, 3.05) is 43.7 Å². The normalized spacial score (nSPS) is 11.7. The maximum atomic E-state index is 12.6. The van der Waals surface area contributed by atoms with Crippen molar-refractivity contribution in [2.45, 2.75) is 19.4 Å². The average Bonchev–Trinajstić information content (AvgIpc) is 3.34. The molecule has 0 spiro atoms. The molecule has 1 aromatic heterocycles. The number of rotatable bonds is 11. The summed E-state index contributed by atoms with van der Waals surface area (Å²) < 4.78 is 16.8. The molecule has 3 aromatic carbocycles. The molecule has 0 fully saturated rings. The number of hydrogen-bond donors (Lipinski definition) is 0. The van der Waals surface area contributed by atoms with Crippen molar-refractivity contribution in [1.29, 1.82) is 0 Å². The molecular formula is C28H31N3O4. The Kier molecular flexibility index (Phi) is 7.88. The molecule has 0 radical (unpaired) electrons. The molecule has 0 aliphatic rings. The van der Waals surface area contributed by atoms with E-state index in [2.05, 4.69) is 9.88 Å². The first-order chi connectivity index (χ1) is 17.1. The molecule has 1 atom stereocenters. The molecule has 0 aliphatic heterocycles. The fourth-order valence-corrected chi connectivity index (χ4v) is 4.02. The van der Waals surface area contributed by atoms with Crippen LogP contribution < -0.4 is 14.5 Å². The van der Waals surface area contributed by atoms with E-state index in [0.29, 0.717) is 32.1 Å². The minimum absolute atomic E-state index is 0.252. The van der Waals surface area contributed by atoms with Crippen molar-refractivity contribution in [3.05, 3.63) is 84.4 Å². The summed E-state index contributed by atoms with van der Waals surface area (Å²) in [7, 11) is 3.36. The van der Waals surface area contributed by atoms with Gasteiger partial charge >= 0.3 is 5.97 Å². The number of para-hydroxylation sites is 3. The molecule has 182 valence electrons. The number of anilines is 2. The van der Waals surface area contributed by atoms with Crippen molar-refractivity contribution >= 4 is 28.8 Å². The predicted octanol–water partition coefficient (Wildman–Crippen LogP) is 4.95. The Morgan fingerprint density at radius 3 is 2.40 bits per heavy atom. The van der Waals surface area contributed by atoms with Crippen LogP contribution in [0.3, 0.4) is 0 Å². The van der Waals surface area contributed by atoms with Crippen LogP contribution in [-0.4, -0.2) is 50.8 Å². The highest BCUT2D eigenvalue weighted by Crippen LogP contribution is 2.22. The molecule has 4 aromatic rings. The third-order valence-electron chi connectivity index (χ3n) is 5.93. The quantitative estimate of drug-likeness (QED) is 0.285. The third kappa shape index (κ3) is 5.93. The number of fused-ring (bicyclic) bond motifs is 1. The number of aromatic nitrogens is 1. The summed E-state index contributed by atoms with van der Waals surface area (Å²) in [6.45, 7) is 3.84. The van der Waals surface area contributed by atoms with Gasteiger partial charge in [-0.05, 0) is 48.9 Å². The van der Waals surface area contributed by atoms with Gasteiger partial charge in [-0.1, -0.05) is 42.5 Å². The van der Waals surface area contributed by atoms with Crippen molar-refractivity contribution in [2.24, 2.45) is 0 Å². The molecule has 0 saturated heterocycles. The zero-order valence-corrected chi connectivity index (χ0v) is 20.4. The van der Waals surface area contributed by atoms with Crippen LogP contribution in [0, 0.1) is 0 Å². The minimum Gasteiger partial charge on any atom is -0.492 e. The van der Waals surface area contributed by atoms with Crippen LogP contribution in [0.2, 0.25) is 0 Å². The lowest BCUT2D eigenvalue weighted by Gasteiger charge is -2.31. The monoisotopic (exact) mass is 473 g/mol. The summed E-state index contributed by atoms with van der Waals surface area (Å²) in [4.78, 5) is 21.1. The Bertz CT molecular complexity index is 1190. The molecule has 1 unspecified atom stereocenters. The van der Waals surface area contributed by atoms with Gasteiger partial charge in [0, 0.05) is 25.7 Å². The largest absolute Gasteiger partial charge is 0.492 e. The fourth-order valence-electron chi connectivity index (χ4n) is 4.02. The van der Waals surface area contributed by atoms with E-state index in [-0.39, 0.29) is 5.97 Å². The summed E-state index contributed by atoms with van der Waals surface area (Å²) in [5.74, 6) is 0.517. The molecule has 0 amide bonds. The number of ether oxygens (including phenoxy) is 2. The highest BCUT2D eigenvalue weighted by molar-refractivity contribution is 5.80. The highest BCUT2D eigenvalue weighted by atomic mass is 16.5. The van der Waals surface area contributed by atoms with E-state index >= 15 is 0 Å². The number of carbonyl (C=O) groups excluding carboxylic acids is 1. The van der Waals surface area contributed by atoms with Crippen molar-refractivity contribution in [1.82, 2.24) is 4.98 Å². The van der Waals surface area contributed by atoms with E-state index < -0.39 is 6.04 Å². The van der Waals surface area contributed by atoms with E-state index in [9.17, 15) is 4.79 Å². The molecule has 35 heavy (non-hydrogen) atoms. The Morgan fingerprint density at radius 1 is 1.00 bits per heavy atom. The standard InChI is InChI=1S/C28H31N3O4/c1-4-31(22-10-6-5-7-11-22)25(27(32)33-3)20-21-14-16-23(17-15-21)34-19-18-30(2)28-29-24-12-8-9-13-26(24)35-28/h5-17,25H,4,18-20H2,1-3H3. The average molecular weight is 474 g/mol. The molecule has 0 saturated carbocycles. The first kappa shape index (κ1) is 24.1. The molecule has 0 bridgehead atoms. The second-order valence-corrected chi connectivity index (χ2v) is 8.24. The Hall–Kier alpha value is -4.00. The zero-order valence-electron chi connectivity index (χ0n) is 20.4. The summed E-state index contributed by atoms with van der Waals surface area (Å²) in [6.07, 6.45) is 0.538. The lowest BCUT2D eigenvalue weighted by atomic mass is 10.0. The molecule has 0 N–H and O–H groups in total. The van der Waals surface area contributed by atoms with Gasteiger partial charge in [-0.15, -0.1) is 0 Å². The number of esters is 1. The summed E-state index contributed by atoms with van der Waals surface area (Å²) in [5, 5.41) is 0. The first-order valence-electron chi connectivity index (χ1n) is 11.8.